The third kappa shape index (κ3) is 3.05. The highest BCUT2D eigenvalue weighted by Gasteiger charge is 2.10. The second kappa shape index (κ2) is 6.08. The van der Waals surface area contributed by atoms with Crippen LogP contribution in [0.2, 0.25) is 10.0 Å². The highest BCUT2D eigenvalue weighted by molar-refractivity contribution is 6.42. The van der Waals surface area contributed by atoms with Gasteiger partial charge in [-0.3, -0.25) is 4.79 Å². The number of anilines is 1. The summed E-state index contributed by atoms with van der Waals surface area (Å²) in [7, 11) is 0. The van der Waals surface area contributed by atoms with Crippen LogP contribution in [0.4, 0.5) is 5.69 Å². The van der Waals surface area contributed by atoms with Gasteiger partial charge in [-0.05, 0) is 30.3 Å². The van der Waals surface area contributed by atoms with E-state index >= 15 is 0 Å². The van der Waals surface area contributed by atoms with E-state index in [9.17, 15) is 4.79 Å². The fraction of sp³-hybridized carbons (Fsp3) is 0. The summed E-state index contributed by atoms with van der Waals surface area (Å²) >= 11 is 11.7. The molecule has 0 saturated carbocycles. The monoisotopic (exact) mass is 334 g/mol. The molecule has 0 aliphatic rings. The topological polar surface area (TPSA) is 85.6 Å². The Hall–Kier alpha value is -2.51. The molecule has 3 aromatic rings. The van der Waals surface area contributed by atoms with Crippen molar-refractivity contribution in [2.24, 2.45) is 0 Å². The van der Waals surface area contributed by atoms with E-state index in [2.05, 4.69) is 25.6 Å². The minimum Gasteiger partial charge on any atom is -0.321 e. The molecule has 0 aliphatic carbocycles. The van der Waals surface area contributed by atoms with Crippen molar-refractivity contribution in [1.82, 2.24) is 25.0 Å². The molecule has 9 heteroatoms. The molecule has 2 heterocycles. The fourth-order valence-electron chi connectivity index (χ4n) is 1.66. The Labute approximate surface area is 134 Å². The summed E-state index contributed by atoms with van der Waals surface area (Å²) in [4.78, 5) is 15.9. The number of nitrogens with one attached hydrogen (secondary N) is 1. The largest absolute Gasteiger partial charge is 0.321 e. The number of aromatic nitrogens is 5. The number of hydrogen-bond donors (Lipinski definition) is 1. The fourth-order valence-corrected chi connectivity index (χ4v) is 1.96. The zero-order valence-corrected chi connectivity index (χ0v) is 12.5. The van der Waals surface area contributed by atoms with Crippen LogP contribution in [-0.4, -0.2) is 30.9 Å². The Bertz CT molecular complexity index is 804. The van der Waals surface area contributed by atoms with Crippen LogP contribution in [-0.2, 0) is 0 Å². The summed E-state index contributed by atoms with van der Waals surface area (Å²) in [5.74, 6) is 0.0552. The van der Waals surface area contributed by atoms with E-state index in [4.69, 9.17) is 23.2 Å². The molecule has 7 nitrogen and oxygen atoms in total. The average Bonchev–Trinajstić information content (AvgIpc) is 3.05. The van der Waals surface area contributed by atoms with Gasteiger partial charge in [0.2, 0.25) is 0 Å². The first kappa shape index (κ1) is 14.4. The molecule has 3 rings (SSSR count). The zero-order valence-electron chi connectivity index (χ0n) is 10.9. The summed E-state index contributed by atoms with van der Waals surface area (Å²) in [5.41, 5.74) is 0.677. The summed E-state index contributed by atoms with van der Waals surface area (Å²) in [6, 6.07) is 7.95. The van der Waals surface area contributed by atoms with Crippen molar-refractivity contribution < 1.29 is 4.79 Å². The molecule has 1 aromatic carbocycles. The number of rotatable bonds is 3. The van der Waals surface area contributed by atoms with E-state index in [-0.39, 0.29) is 5.69 Å². The van der Waals surface area contributed by atoms with Crippen LogP contribution in [0.25, 0.3) is 5.82 Å². The van der Waals surface area contributed by atoms with Crippen molar-refractivity contribution in [3.8, 4) is 5.82 Å². The Morgan fingerprint density at radius 3 is 2.59 bits per heavy atom. The minimum atomic E-state index is -0.406. The van der Waals surface area contributed by atoms with Crippen molar-refractivity contribution >= 4 is 34.8 Å². The number of benzene rings is 1. The maximum absolute atomic E-state index is 12.1. The summed E-state index contributed by atoms with van der Waals surface area (Å²) in [6.07, 6.45) is 2.87. The average molecular weight is 335 g/mol. The van der Waals surface area contributed by atoms with Crippen LogP contribution < -0.4 is 5.32 Å². The molecule has 0 radical (unpaired) electrons. The predicted molar refractivity (Wildman–Crippen MR) is 81.4 cm³/mol. The molecule has 110 valence electrons. The molecule has 0 aliphatic heterocycles. The van der Waals surface area contributed by atoms with Crippen LogP contribution in [0, 0.1) is 0 Å². The molecule has 1 amide bonds. The molecule has 0 spiro atoms. The lowest BCUT2D eigenvalue weighted by Gasteiger charge is -2.06. The Kier molecular flexibility index (Phi) is 3.99. The number of hydrogen-bond acceptors (Lipinski definition) is 5. The highest BCUT2D eigenvalue weighted by Crippen LogP contribution is 2.25. The molecule has 2 aromatic heterocycles. The minimum absolute atomic E-state index is 0.162. The molecule has 1 N–H and O–H groups in total. The van der Waals surface area contributed by atoms with Crippen molar-refractivity contribution in [2.75, 3.05) is 5.32 Å². The molecular weight excluding hydrogens is 327 g/mol. The van der Waals surface area contributed by atoms with Gasteiger partial charge >= 0.3 is 0 Å². The number of carbonyl (C=O) groups is 1. The standard InChI is InChI=1S/C13H8Cl2N6O/c14-9-2-1-8(5-10(9)15)18-13(22)11-3-4-12(20-19-11)21-7-16-6-17-21/h1-7H,(H,18,22). The van der Waals surface area contributed by atoms with E-state index in [0.717, 1.165) is 0 Å². The van der Waals surface area contributed by atoms with Crippen LogP contribution in [0.15, 0.2) is 43.0 Å². The highest BCUT2D eigenvalue weighted by atomic mass is 35.5. The van der Waals surface area contributed by atoms with Crippen molar-refractivity contribution in [3.63, 3.8) is 0 Å². The Morgan fingerprint density at radius 1 is 1.09 bits per heavy atom. The van der Waals surface area contributed by atoms with Gasteiger partial charge in [-0.1, -0.05) is 23.2 Å². The second-order valence-corrected chi connectivity index (χ2v) is 5.01. The quantitative estimate of drug-likeness (QED) is 0.795. The van der Waals surface area contributed by atoms with Gasteiger partial charge in [0.25, 0.3) is 5.91 Å². The van der Waals surface area contributed by atoms with Crippen LogP contribution >= 0.6 is 23.2 Å². The normalized spacial score (nSPS) is 10.5. The molecule has 0 saturated heterocycles. The third-order valence-electron chi connectivity index (χ3n) is 2.71. The van der Waals surface area contributed by atoms with Gasteiger partial charge in [0, 0.05) is 5.69 Å². The van der Waals surface area contributed by atoms with Crippen LogP contribution in [0.5, 0.6) is 0 Å². The second-order valence-electron chi connectivity index (χ2n) is 4.20. The van der Waals surface area contributed by atoms with Crippen LogP contribution in [0.3, 0.4) is 0 Å². The molecule has 0 unspecified atom stereocenters. The third-order valence-corrected chi connectivity index (χ3v) is 3.45. The number of halogens is 2. The Morgan fingerprint density at radius 2 is 1.95 bits per heavy atom. The molecule has 22 heavy (non-hydrogen) atoms. The maximum Gasteiger partial charge on any atom is 0.276 e. The van der Waals surface area contributed by atoms with Crippen molar-refractivity contribution in [3.05, 3.63) is 58.7 Å². The lowest BCUT2D eigenvalue weighted by molar-refractivity contribution is 0.102. The lowest BCUT2D eigenvalue weighted by Crippen LogP contribution is -2.15. The van der Waals surface area contributed by atoms with Gasteiger partial charge < -0.3 is 5.32 Å². The van der Waals surface area contributed by atoms with Gasteiger partial charge in [0.05, 0.1) is 10.0 Å². The smallest absolute Gasteiger partial charge is 0.276 e. The van der Waals surface area contributed by atoms with Crippen molar-refractivity contribution in [2.45, 2.75) is 0 Å². The number of amides is 1. The van der Waals surface area contributed by atoms with Gasteiger partial charge in [-0.15, -0.1) is 10.2 Å². The molecule has 0 atom stereocenters. The first-order valence-corrected chi connectivity index (χ1v) is 6.84. The first-order chi connectivity index (χ1) is 10.6. The van der Waals surface area contributed by atoms with E-state index in [1.807, 2.05) is 0 Å². The van der Waals surface area contributed by atoms with E-state index in [0.29, 0.717) is 21.6 Å². The lowest BCUT2D eigenvalue weighted by atomic mass is 10.3. The van der Waals surface area contributed by atoms with E-state index in [1.54, 1.807) is 24.3 Å². The van der Waals surface area contributed by atoms with Gasteiger partial charge in [0.1, 0.15) is 12.7 Å². The maximum atomic E-state index is 12.1. The predicted octanol–water partition coefficient (Wildman–Crippen LogP) is 2.62. The molecule has 0 bridgehead atoms. The number of carbonyl (C=O) groups excluding carboxylic acids is 1. The zero-order chi connectivity index (χ0) is 15.5. The van der Waals surface area contributed by atoms with E-state index in [1.165, 1.54) is 23.4 Å². The Balaban J connectivity index is 1.76. The molecule has 0 fully saturated rings. The number of nitrogens with zero attached hydrogens (tertiary/aromatic N) is 5. The van der Waals surface area contributed by atoms with Crippen LogP contribution in [0.1, 0.15) is 10.5 Å². The van der Waals surface area contributed by atoms with Gasteiger partial charge in [-0.25, -0.2) is 9.67 Å². The summed E-state index contributed by atoms with van der Waals surface area (Å²) < 4.78 is 1.44. The molecular formula is C13H8Cl2N6O. The summed E-state index contributed by atoms with van der Waals surface area (Å²) in [5, 5.41) is 15.1. The van der Waals surface area contributed by atoms with Gasteiger partial charge in [0.15, 0.2) is 11.5 Å². The van der Waals surface area contributed by atoms with E-state index < -0.39 is 5.91 Å². The van der Waals surface area contributed by atoms with Gasteiger partial charge in [-0.2, -0.15) is 5.10 Å². The first-order valence-electron chi connectivity index (χ1n) is 6.08. The summed E-state index contributed by atoms with van der Waals surface area (Å²) in [6.45, 7) is 0. The van der Waals surface area contributed by atoms with Crippen molar-refractivity contribution in [1.29, 1.82) is 0 Å². The SMILES string of the molecule is O=C(Nc1ccc(Cl)c(Cl)c1)c1ccc(-n2cncn2)nn1.